The Bertz CT molecular complexity index is 363. The van der Waals surface area contributed by atoms with Crippen LogP contribution >= 0.6 is 0 Å². The van der Waals surface area contributed by atoms with Crippen molar-refractivity contribution >= 4 is 12.3 Å². The second-order valence-corrected chi connectivity index (χ2v) is 4.12. The van der Waals surface area contributed by atoms with Gasteiger partial charge in [0, 0.05) is 12.4 Å². The van der Waals surface area contributed by atoms with E-state index in [1.165, 1.54) is 10.8 Å². The summed E-state index contributed by atoms with van der Waals surface area (Å²) in [6, 6.07) is 0. The molecule has 82 valence electrons. The van der Waals surface area contributed by atoms with Crippen LogP contribution < -0.4 is 0 Å². The molecule has 0 fully saturated rings. The molecule has 0 saturated carbocycles. The first-order valence-corrected chi connectivity index (χ1v) is 4.60. The summed E-state index contributed by atoms with van der Waals surface area (Å²) >= 11 is 0. The van der Waals surface area contributed by atoms with E-state index >= 15 is 0 Å². The van der Waals surface area contributed by atoms with Crippen LogP contribution in [0.3, 0.4) is 0 Å². The summed E-state index contributed by atoms with van der Waals surface area (Å²) in [5, 5.41) is 0. The van der Waals surface area contributed by atoms with Crippen LogP contribution in [0.2, 0.25) is 0 Å². The quantitative estimate of drug-likeness (QED) is 0.552. The van der Waals surface area contributed by atoms with Crippen molar-refractivity contribution < 1.29 is 14.3 Å². The number of esters is 1. The molecule has 0 N–H and O–H groups in total. The molecule has 15 heavy (non-hydrogen) atoms. The Labute approximate surface area is 88.1 Å². The maximum atomic E-state index is 11.4. The van der Waals surface area contributed by atoms with Gasteiger partial charge < -0.3 is 9.30 Å². The number of hydrogen-bond donors (Lipinski definition) is 0. The average Bonchev–Trinajstić information content (AvgIpc) is 2.48. The maximum absolute atomic E-state index is 11.4. The van der Waals surface area contributed by atoms with E-state index in [1.807, 2.05) is 0 Å². The predicted molar refractivity (Wildman–Crippen MR) is 53.5 cm³/mol. The minimum absolute atomic E-state index is 0.00530. The molecule has 0 radical (unpaired) electrons. The minimum atomic E-state index is -0.515. The van der Waals surface area contributed by atoms with Gasteiger partial charge in [-0.15, -0.1) is 0 Å². The van der Waals surface area contributed by atoms with E-state index in [1.54, 1.807) is 27.0 Å². The van der Waals surface area contributed by atoms with Gasteiger partial charge in [-0.2, -0.15) is 0 Å². The molecule has 1 rings (SSSR count). The van der Waals surface area contributed by atoms with E-state index in [9.17, 15) is 9.59 Å². The number of carbonyl (C=O) groups is 2. The lowest BCUT2D eigenvalue weighted by molar-refractivity contribution is -0.155. The summed E-state index contributed by atoms with van der Waals surface area (Å²) in [5.41, 5.74) is -0.515. The summed E-state index contributed by atoms with van der Waals surface area (Å²) in [7, 11) is 0. The van der Waals surface area contributed by atoms with Crippen LogP contribution in [0.5, 0.6) is 0 Å². The van der Waals surface area contributed by atoms with E-state index in [4.69, 9.17) is 4.74 Å². The van der Waals surface area contributed by atoms with Crippen LogP contribution in [0.15, 0.2) is 12.4 Å². The van der Waals surface area contributed by atoms with E-state index in [2.05, 4.69) is 4.98 Å². The number of hydrogen-bond acceptors (Lipinski definition) is 4. The van der Waals surface area contributed by atoms with Crippen molar-refractivity contribution in [2.24, 2.45) is 0 Å². The maximum Gasteiger partial charge on any atom is 0.326 e. The number of rotatable bonds is 3. The molecule has 0 aliphatic heterocycles. The smallest absolute Gasteiger partial charge is 0.326 e. The molecule has 0 amide bonds. The standard InChI is InChI=1S/C10H14N2O3/c1-10(2,3)15-9(14)6-12-5-4-11-8(12)7-13/h4-5,7H,6H2,1-3H3. The topological polar surface area (TPSA) is 61.2 Å². The summed E-state index contributed by atoms with van der Waals surface area (Å²) in [4.78, 5) is 25.7. The van der Waals surface area contributed by atoms with E-state index in [0.717, 1.165) is 0 Å². The molecule has 0 spiro atoms. The van der Waals surface area contributed by atoms with Crippen LogP contribution in [0.4, 0.5) is 0 Å². The van der Waals surface area contributed by atoms with Crippen molar-refractivity contribution in [3.63, 3.8) is 0 Å². The number of ether oxygens (including phenoxy) is 1. The summed E-state index contributed by atoms with van der Waals surface area (Å²) in [6.45, 7) is 5.38. The lowest BCUT2D eigenvalue weighted by Crippen LogP contribution is -2.26. The van der Waals surface area contributed by atoms with E-state index < -0.39 is 5.60 Å². The lowest BCUT2D eigenvalue weighted by Gasteiger charge is -2.19. The third-order valence-electron chi connectivity index (χ3n) is 1.57. The van der Waals surface area contributed by atoms with Gasteiger partial charge in [0.2, 0.25) is 0 Å². The summed E-state index contributed by atoms with van der Waals surface area (Å²) < 4.78 is 6.55. The second-order valence-electron chi connectivity index (χ2n) is 4.12. The minimum Gasteiger partial charge on any atom is -0.459 e. The molecule has 0 bridgehead atoms. The molecule has 1 aromatic rings. The molecule has 5 heteroatoms. The number of aromatic nitrogens is 2. The SMILES string of the molecule is CC(C)(C)OC(=O)Cn1ccnc1C=O. The first kappa shape index (κ1) is 11.4. The normalized spacial score (nSPS) is 11.1. The van der Waals surface area contributed by atoms with Crippen molar-refractivity contribution in [3.05, 3.63) is 18.2 Å². The van der Waals surface area contributed by atoms with Gasteiger partial charge in [0.25, 0.3) is 0 Å². The van der Waals surface area contributed by atoms with Gasteiger partial charge in [-0.3, -0.25) is 9.59 Å². The third-order valence-corrected chi connectivity index (χ3v) is 1.57. The Hall–Kier alpha value is -1.65. The predicted octanol–water partition coefficient (Wildman–Crippen LogP) is 1.04. The Kier molecular flexibility index (Phi) is 3.24. The van der Waals surface area contributed by atoms with Crippen molar-refractivity contribution in [2.75, 3.05) is 0 Å². The van der Waals surface area contributed by atoms with Crippen LogP contribution in [-0.4, -0.2) is 27.4 Å². The summed E-state index contributed by atoms with van der Waals surface area (Å²) in [5.74, 6) is -0.163. The van der Waals surface area contributed by atoms with Crippen molar-refractivity contribution in [1.82, 2.24) is 9.55 Å². The Balaban J connectivity index is 2.63. The number of nitrogens with zero attached hydrogens (tertiary/aromatic N) is 2. The zero-order chi connectivity index (χ0) is 11.5. The Morgan fingerprint density at radius 2 is 2.27 bits per heavy atom. The van der Waals surface area contributed by atoms with Crippen LogP contribution in [-0.2, 0) is 16.1 Å². The molecule has 0 aliphatic rings. The van der Waals surface area contributed by atoms with Crippen molar-refractivity contribution in [1.29, 1.82) is 0 Å². The van der Waals surface area contributed by atoms with Gasteiger partial charge in [-0.05, 0) is 20.8 Å². The van der Waals surface area contributed by atoms with Gasteiger partial charge in [0.05, 0.1) is 0 Å². The molecular weight excluding hydrogens is 196 g/mol. The first-order valence-electron chi connectivity index (χ1n) is 4.60. The second kappa shape index (κ2) is 4.25. The van der Waals surface area contributed by atoms with Gasteiger partial charge >= 0.3 is 5.97 Å². The molecule has 0 saturated heterocycles. The van der Waals surface area contributed by atoms with Crippen LogP contribution in [0.1, 0.15) is 31.4 Å². The lowest BCUT2D eigenvalue weighted by atomic mass is 10.2. The number of aldehydes is 1. The van der Waals surface area contributed by atoms with E-state index in [0.29, 0.717) is 6.29 Å². The molecule has 0 aromatic carbocycles. The molecule has 5 nitrogen and oxygen atoms in total. The molecule has 1 aromatic heterocycles. The third kappa shape index (κ3) is 3.53. The van der Waals surface area contributed by atoms with Crippen LogP contribution in [0.25, 0.3) is 0 Å². The zero-order valence-corrected chi connectivity index (χ0v) is 9.06. The molecule has 0 atom stereocenters. The first-order chi connectivity index (χ1) is 6.92. The zero-order valence-electron chi connectivity index (χ0n) is 9.06. The molecular formula is C10H14N2O3. The molecule has 0 unspecified atom stereocenters. The molecule has 0 aliphatic carbocycles. The summed E-state index contributed by atoms with van der Waals surface area (Å²) in [6.07, 6.45) is 3.63. The highest BCUT2D eigenvalue weighted by atomic mass is 16.6. The number of imidazole rings is 1. The fraction of sp³-hybridized carbons (Fsp3) is 0.500. The highest BCUT2D eigenvalue weighted by molar-refractivity contribution is 5.73. The fourth-order valence-corrected chi connectivity index (χ4v) is 1.09. The highest BCUT2D eigenvalue weighted by Gasteiger charge is 2.17. The number of carbonyl (C=O) groups excluding carboxylic acids is 2. The Morgan fingerprint density at radius 3 is 2.80 bits per heavy atom. The average molecular weight is 210 g/mol. The van der Waals surface area contributed by atoms with Gasteiger partial charge in [-0.1, -0.05) is 0 Å². The van der Waals surface area contributed by atoms with E-state index in [-0.39, 0.29) is 18.3 Å². The van der Waals surface area contributed by atoms with Crippen LogP contribution in [0, 0.1) is 0 Å². The van der Waals surface area contributed by atoms with Crippen molar-refractivity contribution in [2.45, 2.75) is 32.9 Å². The van der Waals surface area contributed by atoms with Gasteiger partial charge in [0.15, 0.2) is 12.1 Å². The fourth-order valence-electron chi connectivity index (χ4n) is 1.09. The highest BCUT2D eigenvalue weighted by Crippen LogP contribution is 2.08. The van der Waals surface area contributed by atoms with Gasteiger partial charge in [-0.25, -0.2) is 4.98 Å². The molecule has 1 heterocycles. The van der Waals surface area contributed by atoms with Gasteiger partial charge in [0.1, 0.15) is 12.1 Å². The largest absolute Gasteiger partial charge is 0.459 e. The monoisotopic (exact) mass is 210 g/mol. The van der Waals surface area contributed by atoms with Crippen molar-refractivity contribution in [3.8, 4) is 0 Å². The Morgan fingerprint density at radius 1 is 1.60 bits per heavy atom.